The van der Waals surface area contributed by atoms with Crippen molar-refractivity contribution >= 4 is 28.3 Å². The van der Waals surface area contributed by atoms with Gasteiger partial charge in [-0.3, -0.25) is 4.79 Å². The maximum absolute atomic E-state index is 12.4. The third kappa shape index (κ3) is 3.83. The van der Waals surface area contributed by atoms with Crippen LogP contribution in [0.25, 0.3) is 10.8 Å². The predicted octanol–water partition coefficient (Wildman–Crippen LogP) is 4.33. The highest BCUT2D eigenvalue weighted by Gasteiger charge is 2.29. The van der Waals surface area contributed by atoms with Crippen molar-refractivity contribution in [2.24, 2.45) is 0 Å². The highest BCUT2D eigenvalue weighted by molar-refractivity contribution is 6.05. The smallest absolute Gasteiger partial charge is 0.347 e. The minimum atomic E-state index is -1.34. The van der Waals surface area contributed by atoms with Gasteiger partial charge >= 0.3 is 5.97 Å². The lowest BCUT2D eigenvalue weighted by atomic mass is 10.1. The van der Waals surface area contributed by atoms with Gasteiger partial charge in [0.05, 0.1) is 0 Å². The van der Waals surface area contributed by atoms with E-state index in [9.17, 15) is 9.59 Å². The first kappa shape index (κ1) is 17.5. The number of nitrogens with one attached hydrogen (secondary N) is 1. The van der Waals surface area contributed by atoms with Crippen LogP contribution in [0.5, 0.6) is 5.75 Å². The molecule has 0 heterocycles. The van der Waals surface area contributed by atoms with Gasteiger partial charge < -0.3 is 15.2 Å². The lowest BCUT2D eigenvalue weighted by Crippen LogP contribution is -2.37. The Balaban J connectivity index is 1.72. The van der Waals surface area contributed by atoms with Crippen molar-refractivity contribution in [3.63, 3.8) is 0 Å². The molecule has 0 aromatic heterocycles. The number of carbonyl (C=O) groups excluding carboxylic acids is 1. The van der Waals surface area contributed by atoms with Crippen LogP contribution in [0.1, 0.15) is 24.2 Å². The highest BCUT2D eigenvalue weighted by atomic mass is 16.5. The number of benzene rings is 3. The SMILES string of the molecule is CC(C)(Oc1ccc(C(=O)Nc2ccc3ccccc3c2)cc1)C(=O)O. The second-order valence-electron chi connectivity index (χ2n) is 6.46. The summed E-state index contributed by atoms with van der Waals surface area (Å²) in [6.07, 6.45) is 0. The molecule has 26 heavy (non-hydrogen) atoms. The van der Waals surface area contributed by atoms with E-state index in [-0.39, 0.29) is 5.91 Å². The Morgan fingerprint density at radius 3 is 2.23 bits per heavy atom. The van der Waals surface area contributed by atoms with E-state index in [1.54, 1.807) is 24.3 Å². The molecule has 0 spiro atoms. The topological polar surface area (TPSA) is 75.6 Å². The van der Waals surface area contributed by atoms with Crippen molar-refractivity contribution in [2.45, 2.75) is 19.4 Å². The Morgan fingerprint density at radius 1 is 0.923 bits per heavy atom. The zero-order valence-electron chi connectivity index (χ0n) is 14.5. The van der Waals surface area contributed by atoms with E-state index in [4.69, 9.17) is 9.84 Å². The van der Waals surface area contributed by atoms with E-state index in [1.165, 1.54) is 13.8 Å². The van der Waals surface area contributed by atoms with E-state index in [0.29, 0.717) is 17.0 Å². The Kier molecular flexibility index (Phi) is 4.63. The monoisotopic (exact) mass is 349 g/mol. The van der Waals surface area contributed by atoms with Gasteiger partial charge in [0, 0.05) is 11.3 Å². The molecular formula is C21H19NO4. The minimum absolute atomic E-state index is 0.246. The number of anilines is 1. The van der Waals surface area contributed by atoms with Crippen LogP contribution in [0, 0.1) is 0 Å². The third-order valence-corrected chi connectivity index (χ3v) is 4.01. The molecule has 1 amide bonds. The van der Waals surface area contributed by atoms with Crippen LogP contribution in [0.15, 0.2) is 66.7 Å². The molecular weight excluding hydrogens is 330 g/mol. The number of hydrogen-bond donors (Lipinski definition) is 2. The zero-order valence-corrected chi connectivity index (χ0v) is 14.5. The van der Waals surface area contributed by atoms with Gasteiger partial charge in [0.15, 0.2) is 5.60 Å². The van der Waals surface area contributed by atoms with Crippen LogP contribution in [-0.4, -0.2) is 22.6 Å². The molecule has 0 aliphatic carbocycles. The summed E-state index contributed by atoms with van der Waals surface area (Å²) in [6, 6.07) is 20.0. The number of fused-ring (bicyclic) bond motifs is 1. The molecule has 0 saturated heterocycles. The molecule has 0 unspecified atom stereocenters. The summed E-state index contributed by atoms with van der Waals surface area (Å²) >= 11 is 0. The summed E-state index contributed by atoms with van der Waals surface area (Å²) in [4.78, 5) is 23.5. The van der Waals surface area contributed by atoms with Crippen LogP contribution in [0.4, 0.5) is 5.69 Å². The average Bonchev–Trinajstić information content (AvgIpc) is 2.61. The van der Waals surface area contributed by atoms with Gasteiger partial charge in [-0.25, -0.2) is 4.79 Å². The van der Waals surface area contributed by atoms with Gasteiger partial charge in [-0.05, 0) is 61.0 Å². The molecule has 3 rings (SSSR count). The summed E-state index contributed by atoms with van der Waals surface area (Å²) in [5.74, 6) is -0.917. The normalized spacial score (nSPS) is 11.2. The maximum Gasteiger partial charge on any atom is 0.347 e. The fourth-order valence-electron chi connectivity index (χ4n) is 2.48. The van der Waals surface area contributed by atoms with E-state index in [0.717, 1.165) is 10.8 Å². The number of ether oxygens (including phenoxy) is 1. The lowest BCUT2D eigenvalue weighted by molar-refractivity contribution is -0.152. The molecule has 0 bridgehead atoms. The van der Waals surface area contributed by atoms with Crippen molar-refractivity contribution in [1.82, 2.24) is 0 Å². The van der Waals surface area contributed by atoms with Gasteiger partial charge in [-0.1, -0.05) is 30.3 Å². The van der Waals surface area contributed by atoms with E-state index in [1.807, 2.05) is 42.5 Å². The van der Waals surface area contributed by atoms with Crippen LogP contribution >= 0.6 is 0 Å². The van der Waals surface area contributed by atoms with Crippen molar-refractivity contribution in [3.05, 3.63) is 72.3 Å². The highest BCUT2D eigenvalue weighted by Crippen LogP contribution is 2.21. The lowest BCUT2D eigenvalue weighted by Gasteiger charge is -2.21. The fourth-order valence-corrected chi connectivity index (χ4v) is 2.48. The maximum atomic E-state index is 12.4. The predicted molar refractivity (Wildman–Crippen MR) is 101 cm³/mol. The van der Waals surface area contributed by atoms with Gasteiger partial charge in [-0.15, -0.1) is 0 Å². The molecule has 132 valence electrons. The van der Waals surface area contributed by atoms with Gasteiger partial charge in [0.2, 0.25) is 0 Å². The fraction of sp³-hybridized carbons (Fsp3) is 0.143. The second kappa shape index (κ2) is 6.88. The molecule has 5 heteroatoms. The second-order valence-corrected chi connectivity index (χ2v) is 6.46. The molecule has 0 atom stereocenters. The van der Waals surface area contributed by atoms with Crippen molar-refractivity contribution in [3.8, 4) is 5.75 Å². The quantitative estimate of drug-likeness (QED) is 0.719. The summed E-state index contributed by atoms with van der Waals surface area (Å²) in [5.41, 5.74) is -0.172. The average molecular weight is 349 g/mol. The molecule has 0 aliphatic rings. The van der Waals surface area contributed by atoms with Crippen LogP contribution in [0.3, 0.4) is 0 Å². The minimum Gasteiger partial charge on any atom is -0.478 e. The summed E-state index contributed by atoms with van der Waals surface area (Å²) in [6.45, 7) is 2.94. The van der Waals surface area contributed by atoms with Gasteiger partial charge in [0.25, 0.3) is 5.91 Å². The largest absolute Gasteiger partial charge is 0.478 e. The van der Waals surface area contributed by atoms with Crippen LogP contribution < -0.4 is 10.1 Å². The number of amides is 1. The molecule has 5 nitrogen and oxygen atoms in total. The van der Waals surface area contributed by atoms with Gasteiger partial charge in [0.1, 0.15) is 5.75 Å². The number of carbonyl (C=O) groups is 2. The summed E-state index contributed by atoms with van der Waals surface area (Å²) in [7, 11) is 0. The number of carboxylic acids is 1. The van der Waals surface area contributed by atoms with E-state index >= 15 is 0 Å². The Hall–Kier alpha value is -3.34. The standard InChI is InChI=1S/C21H19NO4/c1-21(2,20(24)25)26-18-11-8-15(9-12-18)19(23)22-17-10-7-14-5-3-4-6-16(14)13-17/h3-13H,1-2H3,(H,22,23)(H,24,25). The first-order valence-corrected chi connectivity index (χ1v) is 8.18. The number of carboxylic acid groups (broad SMARTS) is 1. The molecule has 3 aromatic rings. The van der Waals surface area contributed by atoms with Crippen molar-refractivity contribution in [1.29, 1.82) is 0 Å². The number of hydrogen-bond acceptors (Lipinski definition) is 3. The van der Waals surface area contributed by atoms with Crippen molar-refractivity contribution < 1.29 is 19.4 Å². The van der Waals surface area contributed by atoms with Gasteiger partial charge in [-0.2, -0.15) is 0 Å². The summed E-state index contributed by atoms with van der Waals surface area (Å²) < 4.78 is 5.43. The number of aliphatic carboxylic acids is 1. The third-order valence-electron chi connectivity index (χ3n) is 4.01. The van der Waals surface area contributed by atoms with E-state index in [2.05, 4.69) is 5.32 Å². The van der Waals surface area contributed by atoms with Crippen LogP contribution in [-0.2, 0) is 4.79 Å². The molecule has 0 saturated carbocycles. The Bertz CT molecular complexity index is 961. The Labute approximate surface area is 151 Å². The Morgan fingerprint density at radius 2 is 1.58 bits per heavy atom. The van der Waals surface area contributed by atoms with Crippen LogP contribution in [0.2, 0.25) is 0 Å². The van der Waals surface area contributed by atoms with Crippen molar-refractivity contribution in [2.75, 3.05) is 5.32 Å². The van der Waals surface area contributed by atoms with E-state index < -0.39 is 11.6 Å². The zero-order chi connectivity index (χ0) is 18.7. The molecule has 0 radical (unpaired) electrons. The first-order chi connectivity index (χ1) is 12.3. The molecule has 0 fully saturated rings. The molecule has 3 aromatic carbocycles. The summed E-state index contributed by atoms with van der Waals surface area (Å²) in [5, 5.41) is 14.1. The first-order valence-electron chi connectivity index (χ1n) is 8.18. The number of rotatable bonds is 5. The molecule has 2 N–H and O–H groups in total. The molecule has 0 aliphatic heterocycles.